The highest BCUT2D eigenvalue weighted by atomic mass is 16.4. The van der Waals surface area contributed by atoms with Gasteiger partial charge in [0.15, 0.2) is 0 Å². The van der Waals surface area contributed by atoms with Crippen molar-refractivity contribution in [2.75, 3.05) is 26.7 Å². The molecule has 0 saturated carbocycles. The Hall–Kier alpha value is -1.79. The summed E-state index contributed by atoms with van der Waals surface area (Å²) in [6, 6.07) is -1.09. The molecule has 0 aromatic carbocycles. The summed E-state index contributed by atoms with van der Waals surface area (Å²) in [5.41, 5.74) is 0. The first-order valence-electron chi connectivity index (χ1n) is 6.77. The summed E-state index contributed by atoms with van der Waals surface area (Å²) in [4.78, 5) is 37.5. The molecule has 0 spiro atoms. The molecule has 0 radical (unpaired) electrons. The van der Waals surface area contributed by atoms with Crippen molar-refractivity contribution in [2.24, 2.45) is 5.92 Å². The highest BCUT2D eigenvalue weighted by Crippen LogP contribution is 2.00. The molecule has 0 aliphatic rings. The van der Waals surface area contributed by atoms with Gasteiger partial charge in [-0.05, 0) is 20.8 Å². The molecule has 7 nitrogen and oxygen atoms in total. The van der Waals surface area contributed by atoms with Crippen molar-refractivity contribution in [1.82, 2.24) is 15.1 Å². The van der Waals surface area contributed by atoms with Gasteiger partial charge in [-0.1, -0.05) is 6.92 Å². The van der Waals surface area contributed by atoms with Crippen LogP contribution in [0.15, 0.2) is 0 Å². The molecule has 7 heteroatoms. The third-order valence-corrected chi connectivity index (χ3v) is 3.10. The van der Waals surface area contributed by atoms with Crippen molar-refractivity contribution in [3.8, 4) is 0 Å². The van der Waals surface area contributed by atoms with Crippen LogP contribution in [0.3, 0.4) is 0 Å². The van der Waals surface area contributed by atoms with E-state index in [1.54, 1.807) is 11.8 Å². The number of nitrogens with zero attached hydrogens (tertiary/aromatic N) is 2. The van der Waals surface area contributed by atoms with Gasteiger partial charge in [-0.15, -0.1) is 0 Å². The van der Waals surface area contributed by atoms with E-state index in [2.05, 4.69) is 5.32 Å². The maximum Gasteiger partial charge on any atom is 0.317 e. The molecule has 0 heterocycles. The number of amides is 3. The number of nitrogens with one attached hydrogen (secondary N) is 1. The first kappa shape index (κ1) is 18.2. The van der Waals surface area contributed by atoms with E-state index in [1.165, 1.54) is 18.9 Å². The maximum absolute atomic E-state index is 12.0. The van der Waals surface area contributed by atoms with Gasteiger partial charge in [-0.2, -0.15) is 0 Å². The van der Waals surface area contributed by atoms with E-state index in [0.717, 1.165) is 0 Å². The van der Waals surface area contributed by atoms with Gasteiger partial charge in [0, 0.05) is 26.7 Å². The molecule has 0 saturated heterocycles. The summed E-state index contributed by atoms with van der Waals surface area (Å²) in [5.74, 6) is -1.76. The summed E-state index contributed by atoms with van der Waals surface area (Å²) in [7, 11) is 1.50. The number of carbonyl (C=O) groups excluding carboxylic acids is 2. The smallest absolute Gasteiger partial charge is 0.317 e. The van der Waals surface area contributed by atoms with E-state index >= 15 is 0 Å². The van der Waals surface area contributed by atoms with Crippen molar-refractivity contribution in [1.29, 1.82) is 0 Å². The summed E-state index contributed by atoms with van der Waals surface area (Å²) >= 11 is 0. The number of urea groups is 1. The Morgan fingerprint density at radius 3 is 2.05 bits per heavy atom. The first-order chi connectivity index (χ1) is 9.24. The van der Waals surface area contributed by atoms with Gasteiger partial charge in [-0.25, -0.2) is 4.79 Å². The van der Waals surface area contributed by atoms with E-state index < -0.39 is 24.0 Å². The molecule has 0 aromatic rings. The second-order valence-electron chi connectivity index (χ2n) is 4.80. The Labute approximate surface area is 119 Å². The molecule has 0 aromatic heterocycles. The second kappa shape index (κ2) is 8.39. The minimum absolute atomic E-state index is 0.0906. The zero-order chi connectivity index (χ0) is 15.9. The first-order valence-corrected chi connectivity index (χ1v) is 6.77. The van der Waals surface area contributed by atoms with Gasteiger partial charge in [0.2, 0.25) is 5.91 Å². The highest BCUT2D eigenvalue weighted by molar-refractivity contribution is 5.86. The van der Waals surface area contributed by atoms with Crippen LogP contribution in [0.25, 0.3) is 0 Å². The molecule has 3 amide bonds. The lowest BCUT2D eigenvalue weighted by atomic mass is 10.2. The fraction of sp³-hybridized carbons (Fsp3) is 0.769. The minimum Gasteiger partial charge on any atom is -0.481 e. The number of hydrogen-bond acceptors (Lipinski definition) is 3. The number of carbonyl (C=O) groups is 3. The Bertz CT molecular complexity index is 356. The number of aliphatic carboxylic acids is 1. The molecular weight excluding hydrogens is 262 g/mol. The monoisotopic (exact) mass is 287 g/mol. The van der Waals surface area contributed by atoms with Crippen LogP contribution in [0, 0.1) is 5.92 Å². The lowest BCUT2D eigenvalue weighted by Gasteiger charge is -2.26. The normalized spacial score (nSPS) is 13.2. The maximum atomic E-state index is 12.0. The number of rotatable bonds is 7. The minimum atomic E-state index is -0.961. The molecule has 20 heavy (non-hydrogen) atoms. The Morgan fingerprint density at radius 1 is 1.15 bits per heavy atom. The lowest BCUT2D eigenvalue weighted by molar-refractivity contribution is -0.141. The van der Waals surface area contributed by atoms with Gasteiger partial charge in [0.25, 0.3) is 0 Å². The molecule has 2 atom stereocenters. The molecule has 2 N–H and O–H groups in total. The molecule has 0 aliphatic heterocycles. The van der Waals surface area contributed by atoms with Gasteiger partial charge >= 0.3 is 12.0 Å². The predicted molar refractivity (Wildman–Crippen MR) is 75.4 cm³/mol. The summed E-state index contributed by atoms with van der Waals surface area (Å²) in [6.45, 7) is 8.15. The molecule has 0 fully saturated rings. The topological polar surface area (TPSA) is 90.0 Å². The van der Waals surface area contributed by atoms with Gasteiger partial charge in [0.05, 0.1) is 5.92 Å². The van der Waals surface area contributed by atoms with Crippen LogP contribution in [0.5, 0.6) is 0 Å². The zero-order valence-corrected chi connectivity index (χ0v) is 12.8. The van der Waals surface area contributed by atoms with Crippen molar-refractivity contribution in [3.63, 3.8) is 0 Å². The van der Waals surface area contributed by atoms with E-state index in [4.69, 9.17) is 5.11 Å². The average Bonchev–Trinajstić information content (AvgIpc) is 2.39. The van der Waals surface area contributed by atoms with Crippen molar-refractivity contribution < 1.29 is 19.5 Å². The fourth-order valence-electron chi connectivity index (χ4n) is 1.74. The number of carboxylic acids is 1. The number of carboxylic acid groups (broad SMARTS) is 1. The van der Waals surface area contributed by atoms with Gasteiger partial charge < -0.3 is 20.2 Å². The number of likely N-dealkylation sites (N-methyl/N-ethyl adjacent to an activating group) is 1. The summed E-state index contributed by atoms with van der Waals surface area (Å²) in [6.07, 6.45) is 0. The molecule has 0 aliphatic carbocycles. The Kier molecular flexibility index (Phi) is 7.64. The number of hydrogen-bond donors (Lipinski definition) is 2. The largest absolute Gasteiger partial charge is 0.481 e. The molecule has 116 valence electrons. The molecular formula is C13H25N3O4. The van der Waals surface area contributed by atoms with Gasteiger partial charge in [0.1, 0.15) is 6.04 Å². The zero-order valence-electron chi connectivity index (χ0n) is 12.8. The molecule has 2 unspecified atom stereocenters. The Balaban J connectivity index is 4.44. The predicted octanol–water partition coefficient (Wildman–Crippen LogP) is 0.605. The van der Waals surface area contributed by atoms with Crippen molar-refractivity contribution in [3.05, 3.63) is 0 Å². The summed E-state index contributed by atoms with van der Waals surface area (Å²) < 4.78 is 0. The van der Waals surface area contributed by atoms with E-state index in [9.17, 15) is 14.4 Å². The van der Waals surface area contributed by atoms with Crippen molar-refractivity contribution >= 4 is 17.9 Å². The van der Waals surface area contributed by atoms with Crippen LogP contribution in [-0.4, -0.2) is 65.5 Å². The van der Waals surface area contributed by atoms with Crippen LogP contribution in [0.1, 0.15) is 27.7 Å². The van der Waals surface area contributed by atoms with Crippen LogP contribution < -0.4 is 5.32 Å². The van der Waals surface area contributed by atoms with Gasteiger partial charge in [-0.3, -0.25) is 9.59 Å². The third kappa shape index (κ3) is 5.46. The van der Waals surface area contributed by atoms with Crippen molar-refractivity contribution in [2.45, 2.75) is 33.7 Å². The standard InChI is InChI=1S/C13H25N3O4/c1-6-16(7-2)11(17)10(4)14-13(20)15(5)8-9(3)12(18)19/h9-10H,6-8H2,1-5H3,(H,14,20)(H,18,19). The van der Waals surface area contributed by atoms with E-state index in [1.807, 2.05) is 13.8 Å². The Morgan fingerprint density at radius 2 is 1.65 bits per heavy atom. The van der Waals surface area contributed by atoms with Crippen LogP contribution in [-0.2, 0) is 9.59 Å². The second-order valence-corrected chi connectivity index (χ2v) is 4.80. The quantitative estimate of drug-likeness (QED) is 0.717. The SMILES string of the molecule is CCN(CC)C(=O)C(C)NC(=O)N(C)CC(C)C(=O)O. The van der Waals surface area contributed by atoms with E-state index in [-0.39, 0.29) is 12.5 Å². The van der Waals surface area contributed by atoms with E-state index in [0.29, 0.717) is 13.1 Å². The molecule has 0 bridgehead atoms. The average molecular weight is 287 g/mol. The molecule has 0 rings (SSSR count). The fourth-order valence-corrected chi connectivity index (χ4v) is 1.74. The van der Waals surface area contributed by atoms with Crippen LogP contribution in [0.2, 0.25) is 0 Å². The van der Waals surface area contributed by atoms with Crippen LogP contribution in [0.4, 0.5) is 4.79 Å². The lowest BCUT2D eigenvalue weighted by Crippen LogP contribution is -2.51. The van der Waals surface area contributed by atoms with Crippen LogP contribution >= 0.6 is 0 Å². The third-order valence-electron chi connectivity index (χ3n) is 3.10. The summed E-state index contributed by atoms with van der Waals surface area (Å²) in [5, 5.41) is 11.4. The highest BCUT2D eigenvalue weighted by Gasteiger charge is 2.23.